The Morgan fingerprint density at radius 3 is 2.73 bits per heavy atom. The van der Waals surface area contributed by atoms with Gasteiger partial charge in [0.1, 0.15) is 23.1 Å². The Kier molecular flexibility index (Phi) is 3.72. The van der Waals surface area contributed by atoms with Gasteiger partial charge in [0.25, 0.3) is 5.56 Å². The number of piperidine rings is 1. The predicted octanol–water partition coefficient (Wildman–Crippen LogP) is 2.45. The lowest BCUT2D eigenvalue weighted by molar-refractivity contribution is 0.434. The molecule has 0 radical (unpaired) electrons. The highest BCUT2D eigenvalue weighted by Crippen LogP contribution is 2.25. The number of H-pyrrole nitrogens is 1. The second-order valence-electron chi connectivity index (χ2n) is 5.80. The summed E-state index contributed by atoms with van der Waals surface area (Å²) < 4.78 is 5.54. The number of nitriles is 1. The summed E-state index contributed by atoms with van der Waals surface area (Å²) in [5, 5.41) is 9.24. The molecule has 0 saturated carbocycles. The lowest BCUT2D eigenvalue weighted by atomic mass is 10.00. The van der Waals surface area contributed by atoms with E-state index in [9.17, 15) is 10.1 Å². The first-order valence-corrected chi connectivity index (χ1v) is 7.44. The largest absolute Gasteiger partial charge is 0.460 e. The van der Waals surface area contributed by atoms with E-state index in [0.29, 0.717) is 29.1 Å². The number of nitrogens with one attached hydrogen (secondary N) is 1. The molecule has 1 aliphatic heterocycles. The molecule has 1 aliphatic rings. The van der Waals surface area contributed by atoms with Gasteiger partial charge in [-0.25, -0.2) is 4.98 Å². The summed E-state index contributed by atoms with van der Waals surface area (Å²) in [6.45, 7) is 5.75. The van der Waals surface area contributed by atoms with E-state index in [-0.39, 0.29) is 5.56 Å². The molecule has 22 heavy (non-hydrogen) atoms. The lowest BCUT2D eigenvalue weighted by Gasteiger charge is -2.30. The number of aromatic nitrogens is 2. The topological polar surface area (TPSA) is 85.9 Å². The van der Waals surface area contributed by atoms with Gasteiger partial charge >= 0.3 is 0 Å². The first-order chi connectivity index (χ1) is 10.6. The van der Waals surface area contributed by atoms with Gasteiger partial charge in [-0.3, -0.25) is 9.78 Å². The minimum Gasteiger partial charge on any atom is -0.460 e. The molecule has 6 heteroatoms. The van der Waals surface area contributed by atoms with Crippen molar-refractivity contribution < 1.29 is 4.42 Å². The van der Waals surface area contributed by atoms with Crippen LogP contribution < -0.4 is 10.5 Å². The number of hydrogen-bond acceptors (Lipinski definition) is 5. The number of anilines is 1. The molecule has 1 fully saturated rings. The van der Waals surface area contributed by atoms with Gasteiger partial charge < -0.3 is 9.32 Å². The molecule has 0 amide bonds. The molecule has 1 saturated heterocycles. The molecular formula is C16H18N4O2. The standard InChI is InChI=1S/C16H18N4O2/c1-10-5-7-20(8-6-10)16-18-14(12(9-17)15(21)19-16)13-4-3-11(2)22-13/h3-4,10H,5-8H2,1-2H3,(H,18,19,21). The lowest BCUT2D eigenvalue weighted by Crippen LogP contribution is -2.35. The van der Waals surface area contributed by atoms with E-state index in [2.05, 4.69) is 21.8 Å². The first-order valence-electron chi connectivity index (χ1n) is 7.44. The van der Waals surface area contributed by atoms with Crippen molar-refractivity contribution in [3.63, 3.8) is 0 Å². The quantitative estimate of drug-likeness (QED) is 0.920. The van der Waals surface area contributed by atoms with Crippen molar-refractivity contribution in [1.29, 1.82) is 5.26 Å². The summed E-state index contributed by atoms with van der Waals surface area (Å²) in [6, 6.07) is 5.45. The van der Waals surface area contributed by atoms with Crippen LogP contribution >= 0.6 is 0 Å². The molecular weight excluding hydrogens is 280 g/mol. The van der Waals surface area contributed by atoms with Crippen LogP contribution in [0.15, 0.2) is 21.3 Å². The zero-order valence-electron chi connectivity index (χ0n) is 12.7. The molecule has 0 spiro atoms. The third kappa shape index (κ3) is 2.62. The normalized spacial score (nSPS) is 15.8. The molecule has 0 unspecified atom stereocenters. The molecule has 0 aromatic carbocycles. The Morgan fingerprint density at radius 1 is 1.41 bits per heavy atom. The molecule has 3 rings (SSSR count). The predicted molar refractivity (Wildman–Crippen MR) is 82.6 cm³/mol. The minimum atomic E-state index is -0.421. The smallest absolute Gasteiger partial charge is 0.271 e. The van der Waals surface area contributed by atoms with Gasteiger partial charge in [-0.1, -0.05) is 6.92 Å². The van der Waals surface area contributed by atoms with E-state index in [1.165, 1.54) is 0 Å². The van der Waals surface area contributed by atoms with Crippen LogP contribution in [0.4, 0.5) is 5.95 Å². The van der Waals surface area contributed by atoms with Crippen LogP contribution in [0.5, 0.6) is 0 Å². The second-order valence-corrected chi connectivity index (χ2v) is 5.80. The number of rotatable bonds is 2. The number of aryl methyl sites for hydroxylation is 1. The first kappa shape index (κ1) is 14.4. The molecule has 0 atom stereocenters. The van der Waals surface area contributed by atoms with Gasteiger partial charge in [0.15, 0.2) is 5.76 Å². The van der Waals surface area contributed by atoms with Gasteiger partial charge in [-0.15, -0.1) is 0 Å². The maximum Gasteiger partial charge on any atom is 0.271 e. The summed E-state index contributed by atoms with van der Waals surface area (Å²) in [6.07, 6.45) is 2.14. The maximum atomic E-state index is 12.2. The van der Waals surface area contributed by atoms with E-state index in [1.807, 2.05) is 13.0 Å². The Morgan fingerprint density at radius 2 is 2.14 bits per heavy atom. The summed E-state index contributed by atoms with van der Waals surface area (Å²) in [5.41, 5.74) is -0.119. The average Bonchev–Trinajstić information content (AvgIpc) is 2.93. The van der Waals surface area contributed by atoms with E-state index in [0.717, 1.165) is 25.9 Å². The van der Waals surface area contributed by atoms with Gasteiger partial charge in [0.05, 0.1) is 0 Å². The van der Waals surface area contributed by atoms with Gasteiger partial charge in [-0.2, -0.15) is 5.26 Å². The van der Waals surface area contributed by atoms with E-state index in [1.54, 1.807) is 12.1 Å². The van der Waals surface area contributed by atoms with Crippen LogP contribution in [0, 0.1) is 24.2 Å². The second kappa shape index (κ2) is 5.68. The molecule has 0 aliphatic carbocycles. The molecule has 2 aromatic rings. The zero-order chi connectivity index (χ0) is 15.7. The molecule has 2 aromatic heterocycles. The number of hydrogen-bond donors (Lipinski definition) is 1. The van der Waals surface area contributed by atoms with Gasteiger partial charge in [0, 0.05) is 13.1 Å². The van der Waals surface area contributed by atoms with Crippen molar-refractivity contribution in [3.05, 3.63) is 33.8 Å². The van der Waals surface area contributed by atoms with E-state index >= 15 is 0 Å². The highest BCUT2D eigenvalue weighted by atomic mass is 16.3. The van der Waals surface area contributed by atoms with Crippen LogP contribution in [-0.4, -0.2) is 23.1 Å². The molecule has 3 heterocycles. The van der Waals surface area contributed by atoms with Gasteiger partial charge in [0.2, 0.25) is 5.95 Å². The zero-order valence-corrected chi connectivity index (χ0v) is 12.7. The maximum absolute atomic E-state index is 12.2. The molecule has 114 valence electrons. The SMILES string of the molecule is Cc1ccc(-c2nc(N3CCC(C)CC3)[nH]c(=O)c2C#N)o1. The van der Waals surface area contributed by atoms with Crippen LogP contribution in [0.2, 0.25) is 0 Å². The van der Waals surface area contributed by atoms with Crippen LogP contribution in [-0.2, 0) is 0 Å². The molecule has 1 N–H and O–H groups in total. The molecule has 0 bridgehead atoms. The van der Waals surface area contributed by atoms with Crippen LogP contribution in [0.3, 0.4) is 0 Å². The van der Waals surface area contributed by atoms with E-state index in [4.69, 9.17) is 4.42 Å². The monoisotopic (exact) mass is 298 g/mol. The Hall–Kier alpha value is -2.55. The number of furan rings is 1. The fraction of sp³-hybridized carbons (Fsp3) is 0.438. The van der Waals surface area contributed by atoms with Gasteiger partial charge in [-0.05, 0) is 37.8 Å². The number of nitrogens with zero attached hydrogens (tertiary/aromatic N) is 3. The summed E-state index contributed by atoms with van der Waals surface area (Å²) in [7, 11) is 0. The third-order valence-electron chi connectivity index (χ3n) is 4.08. The van der Waals surface area contributed by atoms with Crippen LogP contribution in [0.1, 0.15) is 31.1 Å². The van der Waals surface area contributed by atoms with Crippen LogP contribution in [0.25, 0.3) is 11.5 Å². The van der Waals surface area contributed by atoms with Crippen molar-refractivity contribution >= 4 is 5.95 Å². The highest BCUT2D eigenvalue weighted by Gasteiger charge is 2.21. The Bertz CT molecular complexity index is 776. The van der Waals surface area contributed by atoms with Crippen molar-refractivity contribution in [3.8, 4) is 17.5 Å². The van der Waals surface area contributed by atoms with Crippen molar-refractivity contribution in [2.24, 2.45) is 5.92 Å². The minimum absolute atomic E-state index is 0.0107. The fourth-order valence-corrected chi connectivity index (χ4v) is 2.68. The fourth-order valence-electron chi connectivity index (χ4n) is 2.68. The van der Waals surface area contributed by atoms with Crippen molar-refractivity contribution in [2.45, 2.75) is 26.7 Å². The highest BCUT2D eigenvalue weighted by molar-refractivity contribution is 5.62. The average molecular weight is 298 g/mol. The van der Waals surface area contributed by atoms with Crippen molar-refractivity contribution in [1.82, 2.24) is 9.97 Å². The van der Waals surface area contributed by atoms with E-state index < -0.39 is 5.56 Å². The third-order valence-corrected chi connectivity index (χ3v) is 4.08. The summed E-state index contributed by atoms with van der Waals surface area (Å²) in [4.78, 5) is 21.5. The van der Waals surface area contributed by atoms with Crippen molar-refractivity contribution in [2.75, 3.05) is 18.0 Å². The Balaban J connectivity index is 2.05. The Labute approximate surface area is 128 Å². The molecule has 6 nitrogen and oxygen atoms in total. The summed E-state index contributed by atoms with van der Waals surface area (Å²) >= 11 is 0. The number of aromatic amines is 1. The summed E-state index contributed by atoms with van der Waals surface area (Å²) in [5.74, 6) is 2.37.